The van der Waals surface area contributed by atoms with Gasteiger partial charge in [-0.2, -0.15) is 4.98 Å². The van der Waals surface area contributed by atoms with Gasteiger partial charge in [-0.3, -0.25) is 9.00 Å². The minimum atomic E-state index is -2.21. The van der Waals surface area contributed by atoms with E-state index in [-0.39, 0.29) is 18.2 Å². The van der Waals surface area contributed by atoms with Crippen LogP contribution in [0.4, 0.5) is 5.69 Å². The number of anilines is 1. The van der Waals surface area contributed by atoms with Crippen molar-refractivity contribution >= 4 is 69.1 Å². The van der Waals surface area contributed by atoms with E-state index in [4.69, 9.17) is 50.9 Å². The molecular formula is C27H20Cl4N3O4S-. The number of carbonyl (C=O) groups excluding carboxylic acids is 1. The third kappa shape index (κ3) is 5.87. The van der Waals surface area contributed by atoms with E-state index in [0.717, 1.165) is 18.4 Å². The van der Waals surface area contributed by atoms with Crippen molar-refractivity contribution in [2.75, 3.05) is 5.32 Å². The first-order chi connectivity index (χ1) is 18.6. The molecular weight excluding hydrogens is 604 g/mol. The van der Waals surface area contributed by atoms with E-state index < -0.39 is 21.7 Å². The van der Waals surface area contributed by atoms with Gasteiger partial charge in [-0.1, -0.05) is 75.8 Å². The highest BCUT2D eigenvalue weighted by atomic mass is 35.5. The summed E-state index contributed by atoms with van der Waals surface area (Å²) in [4.78, 5) is 17.3. The van der Waals surface area contributed by atoms with Crippen molar-refractivity contribution in [1.29, 1.82) is 0 Å². The van der Waals surface area contributed by atoms with Gasteiger partial charge in [0.2, 0.25) is 5.91 Å². The average molecular weight is 624 g/mol. The number of hydrogen-bond donors (Lipinski definition) is 1. The number of aromatic nitrogens is 2. The van der Waals surface area contributed by atoms with Crippen LogP contribution in [0.1, 0.15) is 47.5 Å². The summed E-state index contributed by atoms with van der Waals surface area (Å²) in [6, 6.07) is 15.2. The second-order valence-corrected chi connectivity index (χ2v) is 12.2. The topological polar surface area (TPSA) is 108 Å². The van der Waals surface area contributed by atoms with Crippen molar-refractivity contribution in [3.05, 3.63) is 97.2 Å². The summed E-state index contributed by atoms with van der Waals surface area (Å²) in [5.41, 5.74) is 2.46. The highest BCUT2D eigenvalue weighted by Gasteiger charge is 2.52. The van der Waals surface area contributed by atoms with Gasteiger partial charge >= 0.3 is 0 Å². The number of nitrogens with zero attached hydrogens (tertiary/aromatic N) is 2. The van der Waals surface area contributed by atoms with Crippen LogP contribution in [0.15, 0.2) is 59.1 Å². The van der Waals surface area contributed by atoms with Crippen molar-refractivity contribution < 1.29 is 18.1 Å². The summed E-state index contributed by atoms with van der Waals surface area (Å²) in [6.45, 7) is 1.60. The number of carbonyl (C=O) groups is 1. The molecule has 4 aromatic rings. The molecule has 1 amide bonds. The summed E-state index contributed by atoms with van der Waals surface area (Å²) in [7, 11) is 0. The van der Waals surface area contributed by atoms with Gasteiger partial charge in [0, 0.05) is 31.6 Å². The molecule has 7 nitrogen and oxygen atoms in total. The summed E-state index contributed by atoms with van der Waals surface area (Å²) >= 11 is 23.4. The Morgan fingerprint density at radius 3 is 2.31 bits per heavy atom. The fourth-order valence-electron chi connectivity index (χ4n) is 4.41. The van der Waals surface area contributed by atoms with Gasteiger partial charge in [-0.05, 0) is 72.3 Å². The first-order valence-corrected chi connectivity index (χ1v) is 14.5. The van der Waals surface area contributed by atoms with Crippen LogP contribution >= 0.6 is 46.4 Å². The Labute approximate surface area is 247 Å². The Kier molecular flexibility index (Phi) is 8.06. The minimum Gasteiger partial charge on any atom is -0.772 e. The Balaban J connectivity index is 1.32. The number of nitrogens with one attached hydrogen (secondary N) is 1. The van der Waals surface area contributed by atoms with Crippen LogP contribution in [0.5, 0.6) is 0 Å². The number of rotatable bonds is 8. The smallest absolute Gasteiger partial charge is 0.259 e. The number of hydrogen-bond acceptors (Lipinski definition) is 6. The lowest BCUT2D eigenvalue weighted by atomic mass is 9.94. The van der Waals surface area contributed by atoms with Gasteiger partial charge in [-0.25, -0.2) is 0 Å². The van der Waals surface area contributed by atoms with E-state index in [0.29, 0.717) is 48.3 Å². The monoisotopic (exact) mass is 622 g/mol. The van der Waals surface area contributed by atoms with Gasteiger partial charge in [-0.15, -0.1) is 0 Å². The van der Waals surface area contributed by atoms with Gasteiger partial charge < -0.3 is 14.4 Å². The molecule has 202 valence electrons. The van der Waals surface area contributed by atoms with Gasteiger partial charge in [0.25, 0.3) is 5.89 Å². The summed E-state index contributed by atoms with van der Waals surface area (Å²) < 4.78 is 27.8. The van der Waals surface area contributed by atoms with Crippen LogP contribution in [-0.4, -0.2) is 24.8 Å². The third-order valence-electron chi connectivity index (χ3n) is 6.67. The van der Waals surface area contributed by atoms with Gasteiger partial charge in [0.05, 0.1) is 22.4 Å². The second-order valence-electron chi connectivity index (χ2n) is 9.31. The first-order valence-electron chi connectivity index (χ1n) is 11.8. The molecule has 0 bridgehead atoms. The van der Waals surface area contributed by atoms with Crippen LogP contribution in [0.25, 0.3) is 11.5 Å². The zero-order valence-corrected chi connectivity index (χ0v) is 24.2. The maximum atomic E-state index is 12.7. The fraction of sp³-hybridized carbons (Fsp3) is 0.222. The summed E-state index contributed by atoms with van der Waals surface area (Å²) in [6.07, 6.45) is 1.54. The van der Waals surface area contributed by atoms with E-state index in [2.05, 4.69) is 15.5 Å². The fourth-order valence-corrected chi connectivity index (χ4v) is 6.13. The molecule has 2 atom stereocenters. The minimum absolute atomic E-state index is 0.0922. The van der Waals surface area contributed by atoms with E-state index in [1.165, 1.54) is 0 Å². The molecule has 0 spiro atoms. The van der Waals surface area contributed by atoms with Crippen molar-refractivity contribution in [1.82, 2.24) is 10.1 Å². The Hall–Kier alpha value is -2.46. The van der Waals surface area contributed by atoms with Crippen LogP contribution in [-0.2, 0) is 27.7 Å². The standard InChI is InChI=1S/C27H21Cl4N3O4S/c1-14(39(36)37)16-4-2-15(3-5-16)10-23(35)32-18-12-21(30)24(22(31)13-18)27(8-9-27)26-33-25(38-34-26)19-7-6-17(28)11-20(19)29/h2-7,11-14H,8-10H2,1H3,(H,32,35)(H,36,37)/p-1. The molecule has 1 aliphatic carbocycles. The molecule has 1 N–H and O–H groups in total. The molecule has 1 aromatic heterocycles. The lowest BCUT2D eigenvalue weighted by Crippen LogP contribution is -2.16. The van der Waals surface area contributed by atoms with E-state index in [1.54, 1.807) is 61.5 Å². The Morgan fingerprint density at radius 1 is 1.05 bits per heavy atom. The number of amides is 1. The Morgan fingerprint density at radius 2 is 1.72 bits per heavy atom. The quantitative estimate of drug-likeness (QED) is 0.203. The largest absolute Gasteiger partial charge is 0.772 e. The average Bonchev–Trinajstić information content (AvgIpc) is 3.50. The zero-order valence-electron chi connectivity index (χ0n) is 20.3. The molecule has 1 fully saturated rings. The third-order valence-corrected chi connectivity index (χ3v) is 8.67. The zero-order chi connectivity index (χ0) is 27.9. The molecule has 2 unspecified atom stereocenters. The molecule has 1 aliphatic rings. The number of halogens is 4. The van der Waals surface area contributed by atoms with E-state index >= 15 is 0 Å². The van der Waals surface area contributed by atoms with Crippen molar-refractivity contribution in [3.63, 3.8) is 0 Å². The lowest BCUT2D eigenvalue weighted by Gasteiger charge is -2.17. The van der Waals surface area contributed by atoms with Gasteiger partial charge in [0.15, 0.2) is 5.82 Å². The van der Waals surface area contributed by atoms with Crippen molar-refractivity contribution in [2.45, 2.75) is 36.9 Å². The summed E-state index contributed by atoms with van der Waals surface area (Å²) in [5.74, 6) is 0.437. The van der Waals surface area contributed by atoms with Crippen LogP contribution in [0.2, 0.25) is 20.1 Å². The number of benzene rings is 3. The van der Waals surface area contributed by atoms with Gasteiger partial charge in [0.1, 0.15) is 0 Å². The Bertz CT molecular complexity index is 1570. The first kappa shape index (κ1) is 28.1. The predicted molar refractivity (Wildman–Crippen MR) is 152 cm³/mol. The van der Waals surface area contributed by atoms with E-state index in [9.17, 15) is 13.6 Å². The SMILES string of the molecule is CC(c1ccc(CC(=O)Nc2cc(Cl)c(C3(c4noc(-c5ccc(Cl)cc5Cl)n4)CC3)c(Cl)c2)cc1)S(=O)[O-]. The molecule has 1 heterocycles. The highest BCUT2D eigenvalue weighted by molar-refractivity contribution is 7.79. The molecule has 0 saturated heterocycles. The van der Waals surface area contributed by atoms with Crippen LogP contribution in [0.3, 0.4) is 0 Å². The van der Waals surface area contributed by atoms with Crippen molar-refractivity contribution in [3.8, 4) is 11.5 Å². The predicted octanol–water partition coefficient (Wildman–Crippen LogP) is 7.55. The van der Waals surface area contributed by atoms with Crippen molar-refractivity contribution in [2.24, 2.45) is 0 Å². The maximum absolute atomic E-state index is 12.7. The molecule has 0 radical (unpaired) electrons. The molecule has 0 aliphatic heterocycles. The molecule has 3 aromatic carbocycles. The van der Waals surface area contributed by atoms with E-state index in [1.807, 2.05) is 0 Å². The van der Waals surface area contributed by atoms with Crippen LogP contribution < -0.4 is 5.32 Å². The summed E-state index contributed by atoms with van der Waals surface area (Å²) in [5, 5.41) is 8.02. The molecule has 39 heavy (non-hydrogen) atoms. The normalized spacial score (nSPS) is 15.5. The lowest BCUT2D eigenvalue weighted by molar-refractivity contribution is -0.115. The maximum Gasteiger partial charge on any atom is 0.259 e. The molecule has 12 heteroatoms. The second kappa shape index (κ2) is 11.2. The van der Waals surface area contributed by atoms with Crippen LogP contribution in [0, 0.1) is 0 Å². The molecule has 5 rings (SSSR count). The highest BCUT2D eigenvalue weighted by Crippen LogP contribution is 2.57. The molecule has 1 saturated carbocycles.